The van der Waals surface area contributed by atoms with Gasteiger partial charge in [-0.05, 0) is 17.5 Å². The highest BCUT2D eigenvalue weighted by atomic mass is 16.7. The molecule has 0 aliphatic rings. The van der Waals surface area contributed by atoms with Gasteiger partial charge in [0.2, 0.25) is 0 Å². The van der Waals surface area contributed by atoms with Gasteiger partial charge in [0.05, 0.1) is 6.54 Å². The van der Waals surface area contributed by atoms with E-state index in [0.29, 0.717) is 13.0 Å². The molecule has 6 heteroatoms. The zero-order valence-corrected chi connectivity index (χ0v) is 15.7. The van der Waals surface area contributed by atoms with Gasteiger partial charge in [-0.3, -0.25) is 4.79 Å². The molecule has 2 aromatic rings. The Kier molecular flexibility index (Phi) is 8.86. The third-order valence-electron chi connectivity index (χ3n) is 3.97. The van der Waals surface area contributed by atoms with E-state index in [1.54, 1.807) is 0 Å². The summed E-state index contributed by atoms with van der Waals surface area (Å²) in [5, 5.41) is 4.09. The molecule has 0 aliphatic heterocycles. The number of hydrogen-bond donors (Lipinski definition) is 2. The van der Waals surface area contributed by atoms with Gasteiger partial charge >= 0.3 is 12.0 Å². The first-order chi connectivity index (χ1) is 13.2. The van der Waals surface area contributed by atoms with Gasteiger partial charge in [-0.25, -0.2) is 9.80 Å². The van der Waals surface area contributed by atoms with E-state index >= 15 is 0 Å². The molecule has 144 valence electrons. The van der Waals surface area contributed by atoms with Crippen molar-refractivity contribution >= 4 is 12.0 Å². The topological polar surface area (TPSA) is 70.7 Å². The maximum Gasteiger partial charge on any atom is 0.334 e. The summed E-state index contributed by atoms with van der Waals surface area (Å²) in [4.78, 5) is 29.5. The molecule has 27 heavy (non-hydrogen) atoms. The van der Waals surface area contributed by atoms with Gasteiger partial charge < -0.3 is 10.2 Å². The standard InChI is InChI=1S/C21H27N3O3/c1-2-3-6-15-20(25)27-23-24(17-19-13-9-5-10-14-19)21(26)22-16-18-11-7-4-8-12-18/h4-5,7-14,23H,2-3,6,15-17H2,1H3,(H,22,26). The predicted molar refractivity (Wildman–Crippen MR) is 104 cm³/mol. The molecule has 0 saturated heterocycles. The molecule has 2 amide bonds. The summed E-state index contributed by atoms with van der Waals surface area (Å²) in [6.07, 6.45) is 3.10. The molecule has 6 nitrogen and oxygen atoms in total. The number of amides is 2. The number of hydrazine groups is 1. The van der Waals surface area contributed by atoms with Gasteiger partial charge in [-0.1, -0.05) is 86.0 Å². The molecular weight excluding hydrogens is 342 g/mol. The Hall–Kier alpha value is -2.86. The number of benzene rings is 2. The minimum Gasteiger partial charge on any atom is -0.351 e. The van der Waals surface area contributed by atoms with Gasteiger partial charge in [-0.2, -0.15) is 0 Å². The number of nitrogens with one attached hydrogen (secondary N) is 2. The monoisotopic (exact) mass is 369 g/mol. The van der Waals surface area contributed by atoms with Crippen molar-refractivity contribution in [2.45, 2.75) is 45.7 Å². The average Bonchev–Trinajstić information content (AvgIpc) is 2.71. The van der Waals surface area contributed by atoms with E-state index in [9.17, 15) is 9.59 Å². The maximum absolute atomic E-state index is 12.6. The van der Waals surface area contributed by atoms with Crippen LogP contribution in [0.25, 0.3) is 0 Å². The van der Waals surface area contributed by atoms with E-state index in [1.807, 2.05) is 60.7 Å². The number of rotatable bonds is 10. The first-order valence-corrected chi connectivity index (χ1v) is 9.27. The Labute approximate surface area is 160 Å². The Morgan fingerprint density at radius 1 is 0.926 bits per heavy atom. The van der Waals surface area contributed by atoms with E-state index < -0.39 is 0 Å². The van der Waals surface area contributed by atoms with Crippen LogP contribution in [0.2, 0.25) is 0 Å². The highest BCUT2D eigenvalue weighted by Crippen LogP contribution is 2.05. The van der Waals surface area contributed by atoms with Crippen LogP contribution in [-0.4, -0.2) is 17.0 Å². The van der Waals surface area contributed by atoms with E-state index in [0.717, 1.165) is 30.4 Å². The normalized spacial score (nSPS) is 10.3. The van der Waals surface area contributed by atoms with E-state index in [4.69, 9.17) is 4.84 Å². The Balaban J connectivity index is 1.91. The van der Waals surface area contributed by atoms with E-state index in [2.05, 4.69) is 17.8 Å². The second kappa shape index (κ2) is 11.7. The predicted octanol–water partition coefficient (Wildman–Crippen LogP) is 3.94. The SMILES string of the molecule is CCCCCC(=O)ONN(Cc1ccccc1)C(=O)NCc1ccccc1. The molecule has 2 rings (SSSR count). The summed E-state index contributed by atoms with van der Waals surface area (Å²) >= 11 is 0. The fourth-order valence-corrected chi connectivity index (χ4v) is 2.46. The van der Waals surface area contributed by atoms with Gasteiger partial charge in [0.1, 0.15) is 0 Å². The second-order valence-corrected chi connectivity index (χ2v) is 6.24. The first-order valence-electron chi connectivity index (χ1n) is 9.27. The van der Waals surface area contributed by atoms with Crippen molar-refractivity contribution in [1.82, 2.24) is 15.9 Å². The van der Waals surface area contributed by atoms with Crippen LogP contribution < -0.4 is 10.9 Å². The lowest BCUT2D eigenvalue weighted by Crippen LogP contribution is -2.48. The number of unbranched alkanes of at least 4 members (excludes halogenated alkanes) is 2. The number of carbonyl (C=O) groups excluding carboxylic acids is 2. The van der Waals surface area contributed by atoms with Gasteiger partial charge in [0.15, 0.2) is 0 Å². The summed E-state index contributed by atoms with van der Waals surface area (Å²) in [6, 6.07) is 18.8. The van der Waals surface area contributed by atoms with E-state index in [-0.39, 0.29) is 18.5 Å². The quantitative estimate of drug-likeness (QED) is 0.491. The minimum absolute atomic E-state index is 0.268. The summed E-state index contributed by atoms with van der Waals surface area (Å²) in [6.45, 7) is 2.73. The number of carbonyl (C=O) groups is 2. The van der Waals surface area contributed by atoms with Gasteiger partial charge in [-0.15, -0.1) is 0 Å². The Bertz CT molecular complexity index is 692. The molecule has 0 aliphatic carbocycles. The minimum atomic E-state index is -0.377. The van der Waals surface area contributed by atoms with Crippen molar-refractivity contribution in [1.29, 1.82) is 0 Å². The van der Waals surface area contributed by atoms with Crippen molar-refractivity contribution in [3.63, 3.8) is 0 Å². The Morgan fingerprint density at radius 2 is 1.56 bits per heavy atom. The lowest BCUT2D eigenvalue weighted by atomic mass is 10.2. The van der Waals surface area contributed by atoms with Crippen molar-refractivity contribution < 1.29 is 14.4 Å². The molecule has 0 atom stereocenters. The molecule has 0 saturated carbocycles. The summed E-state index contributed by atoms with van der Waals surface area (Å²) < 4.78 is 0. The molecule has 0 unspecified atom stereocenters. The summed E-state index contributed by atoms with van der Waals surface area (Å²) in [7, 11) is 0. The fraction of sp³-hybridized carbons (Fsp3) is 0.333. The third-order valence-corrected chi connectivity index (χ3v) is 3.97. The van der Waals surface area contributed by atoms with Crippen LogP contribution >= 0.6 is 0 Å². The van der Waals surface area contributed by atoms with Gasteiger partial charge in [0, 0.05) is 13.0 Å². The molecule has 0 spiro atoms. The largest absolute Gasteiger partial charge is 0.351 e. The lowest BCUT2D eigenvalue weighted by molar-refractivity contribution is -0.162. The zero-order chi connectivity index (χ0) is 19.3. The van der Waals surface area contributed by atoms with Crippen LogP contribution in [0.3, 0.4) is 0 Å². The highest BCUT2D eigenvalue weighted by molar-refractivity contribution is 5.74. The van der Waals surface area contributed by atoms with Crippen molar-refractivity contribution in [2.75, 3.05) is 0 Å². The zero-order valence-electron chi connectivity index (χ0n) is 15.7. The first kappa shape index (κ1) is 20.5. The molecular formula is C21H27N3O3. The summed E-state index contributed by atoms with van der Waals surface area (Å²) in [5.41, 5.74) is 4.41. The average molecular weight is 369 g/mol. The third kappa shape index (κ3) is 7.92. The molecule has 0 heterocycles. The van der Waals surface area contributed by atoms with Crippen molar-refractivity contribution in [2.24, 2.45) is 0 Å². The van der Waals surface area contributed by atoms with Crippen molar-refractivity contribution in [3.8, 4) is 0 Å². The van der Waals surface area contributed by atoms with Crippen molar-refractivity contribution in [3.05, 3.63) is 71.8 Å². The van der Waals surface area contributed by atoms with Crippen LogP contribution in [-0.2, 0) is 22.7 Å². The molecule has 0 aromatic heterocycles. The molecule has 0 fully saturated rings. The van der Waals surface area contributed by atoms with Gasteiger partial charge in [0.25, 0.3) is 0 Å². The van der Waals surface area contributed by atoms with Crippen LogP contribution in [0.4, 0.5) is 4.79 Å². The summed E-state index contributed by atoms with van der Waals surface area (Å²) in [5.74, 6) is -0.377. The lowest BCUT2D eigenvalue weighted by Gasteiger charge is -2.23. The smallest absolute Gasteiger partial charge is 0.334 e. The van der Waals surface area contributed by atoms with Crippen LogP contribution in [0.5, 0.6) is 0 Å². The highest BCUT2D eigenvalue weighted by Gasteiger charge is 2.16. The molecule has 2 N–H and O–H groups in total. The fourth-order valence-electron chi connectivity index (χ4n) is 2.46. The van der Waals surface area contributed by atoms with Crippen LogP contribution in [0, 0.1) is 0 Å². The maximum atomic E-state index is 12.6. The second-order valence-electron chi connectivity index (χ2n) is 6.24. The number of hydrogen-bond acceptors (Lipinski definition) is 4. The van der Waals surface area contributed by atoms with Crippen LogP contribution in [0.1, 0.15) is 43.7 Å². The number of urea groups is 1. The molecule has 0 radical (unpaired) electrons. The van der Waals surface area contributed by atoms with E-state index in [1.165, 1.54) is 5.01 Å². The van der Waals surface area contributed by atoms with Crippen LogP contribution in [0.15, 0.2) is 60.7 Å². The number of nitrogens with zero attached hydrogens (tertiary/aromatic N) is 1. The molecule has 2 aromatic carbocycles. The molecule has 0 bridgehead atoms. The Morgan fingerprint density at radius 3 is 2.19 bits per heavy atom.